The van der Waals surface area contributed by atoms with E-state index in [1.165, 1.54) is 19.4 Å². The zero-order valence-corrected chi connectivity index (χ0v) is 12.1. The van der Waals surface area contributed by atoms with Gasteiger partial charge in [0.1, 0.15) is 0 Å². The lowest BCUT2D eigenvalue weighted by Crippen LogP contribution is -2.50. The number of rotatable bonds is 1. The first-order valence-corrected chi connectivity index (χ1v) is 6.72. The molecule has 0 aromatic rings. The van der Waals surface area contributed by atoms with E-state index < -0.39 is 0 Å². The van der Waals surface area contributed by atoms with Gasteiger partial charge in [-0.1, -0.05) is 27.2 Å². The van der Waals surface area contributed by atoms with Crippen LogP contribution in [0.3, 0.4) is 0 Å². The van der Waals surface area contributed by atoms with Crippen LogP contribution in [0.5, 0.6) is 0 Å². The van der Waals surface area contributed by atoms with Gasteiger partial charge in [0.25, 0.3) is 0 Å². The molecule has 1 heterocycles. The minimum absolute atomic E-state index is 0.257. The fourth-order valence-corrected chi connectivity index (χ4v) is 2.00. The molecule has 16 heavy (non-hydrogen) atoms. The molecule has 0 bridgehead atoms. The summed E-state index contributed by atoms with van der Waals surface area (Å²) < 4.78 is 0. The molecule has 0 aromatic heterocycles. The fourth-order valence-electron chi connectivity index (χ4n) is 2.00. The van der Waals surface area contributed by atoms with Gasteiger partial charge in [-0.15, -0.1) is 0 Å². The Morgan fingerprint density at radius 2 is 1.75 bits per heavy atom. The molecule has 1 rings (SSSR count). The average molecular weight is 229 g/mol. The van der Waals surface area contributed by atoms with E-state index in [-0.39, 0.29) is 5.54 Å². The monoisotopic (exact) mass is 229 g/mol. The fraction of sp³-hybridized carbons (Fsp3) is 1.00. The van der Waals surface area contributed by atoms with Gasteiger partial charge >= 0.3 is 0 Å². The van der Waals surface area contributed by atoms with Gasteiger partial charge in [0.2, 0.25) is 0 Å². The molecule has 0 aromatic carbocycles. The second kappa shape index (κ2) is 7.29. The highest BCUT2D eigenvalue weighted by Crippen LogP contribution is 2.27. The van der Waals surface area contributed by atoms with Gasteiger partial charge in [-0.2, -0.15) is 0 Å². The standard InChI is InChI=1S/C11H23NO.C3H8/c1-9-5-6-12(11(2,3)4)7-10(9)8-13;1-3-2/h9-10,13H,5-8H2,1-4H3;3H2,1-2H3/t9-,10-;/m1./s1. The lowest BCUT2D eigenvalue weighted by molar-refractivity contribution is 0.0276. The molecular weight excluding hydrogens is 198 g/mol. The summed E-state index contributed by atoms with van der Waals surface area (Å²) in [6, 6.07) is 0. The molecule has 2 nitrogen and oxygen atoms in total. The molecule has 1 saturated heterocycles. The summed E-state index contributed by atoms with van der Waals surface area (Å²) in [4.78, 5) is 2.48. The highest BCUT2D eigenvalue weighted by Gasteiger charge is 2.31. The van der Waals surface area contributed by atoms with Crippen molar-refractivity contribution in [3.8, 4) is 0 Å². The molecule has 1 N–H and O–H groups in total. The van der Waals surface area contributed by atoms with Crippen LogP contribution in [0, 0.1) is 11.8 Å². The second-order valence-corrected chi connectivity index (χ2v) is 6.03. The van der Waals surface area contributed by atoms with Crippen LogP contribution in [-0.4, -0.2) is 35.2 Å². The van der Waals surface area contributed by atoms with Crippen LogP contribution in [0.4, 0.5) is 0 Å². The molecule has 0 aliphatic carbocycles. The summed E-state index contributed by atoms with van der Waals surface area (Å²) in [5.41, 5.74) is 0.257. The molecule has 2 atom stereocenters. The van der Waals surface area contributed by atoms with Crippen molar-refractivity contribution in [1.29, 1.82) is 0 Å². The number of hydrogen-bond donors (Lipinski definition) is 1. The third-order valence-corrected chi connectivity index (χ3v) is 3.30. The number of aliphatic hydroxyl groups is 1. The molecule has 0 unspecified atom stereocenters. The third-order valence-electron chi connectivity index (χ3n) is 3.30. The Morgan fingerprint density at radius 3 is 2.12 bits per heavy atom. The Kier molecular flexibility index (Phi) is 7.25. The van der Waals surface area contributed by atoms with E-state index in [4.69, 9.17) is 0 Å². The lowest BCUT2D eigenvalue weighted by atomic mass is 9.85. The Hall–Kier alpha value is -0.0800. The van der Waals surface area contributed by atoms with Crippen molar-refractivity contribution in [2.24, 2.45) is 11.8 Å². The normalized spacial score (nSPS) is 27.2. The Labute approximate surface area is 102 Å². The maximum atomic E-state index is 9.22. The smallest absolute Gasteiger partial charge is 0.0474 e. The summed E-state index contributed by atoms with van der Waals surface area (Å²) in [6.45, 7) is 15.8. The van der Waals surface area contributed by atoms with Crippen molar-refractivity contribution in [2.45, 2.75) is 59.9 Å². The van der Waals surface area contributed by atoms with Crippen LogP contribution < -0.4 is 0 Å². The summed E-state index contributed by atoms with van der Waals surface area (Å²) in [6.07, 6.45) is 2.47. The Morgan fingerprint density at radius 1 is 1.25 bits per heavy atom. The Balaban J connectivity index is 0.000000673. The van der Waals surface area contributed by atoms with Crippen molar-refractivity contribution in [1.82, 2.24) is 4.90 Å². The van der Waals surface area contributed by atoms with Gasteiger partial charge in [0, 0.05) is 18.7 Å². The first-order valence-electron chi connectivity index (χ1n) is 6.72. The van der Waals surface area contributed by atoms with Gasteiger partial charge in [-0.3, -0.25) is 4.90 Å². The first-order chi connectivity index (χ1) is 7.36. The molecule has 0 saturated carbocycles. The third kappa shape index (κ3) is 5.31. The van der Waals surface area contributed by atoms with E-state index in [1.54, 1.807) is 0 Å². The maximum Gasteiger partial charge on any atom is 0.0474 e. The van der Waals surface area contributed by atoms with E-state index in [0.717, 1.165) is 6.54 Å². The molecule has 0 spiro atoms. The van der Waals surface area contributed by atoms with E-state index >= 15 is 0 Å². The molecule has 0 amide bonds. The van der Waals surface area contributed by atoms with Gasteiger partial charge < -0.3 is 5.11 Å². The van der Waals surface area contributed by atoms with Gasteiger partial charge in [-0.05, 0) is 45.6 Å². The molecule has 2 heteroatoms. The van der Waals surface area contributed by atoms with Crippen LogP contribution in [0.25, 0.3) is 0 Å². The predicted octanol–water partition coefficient (Wildman–Crippen LogP) is 3.15. The summed E-state index contributed by atoms with van der Waals surface area (Å²) in [5.74, 6) is 1.16. The van der Waals surface area contributed by atoms with Crippen LogP contribution in [0.2, 0.25) is 0 Å². The summed E-state index contributed by atoms with van der Waals surface area (Å²) in [5, 5.41) is 9.22. The summed E-state index contributed by atoms with van der Waals surface area (Å²) in [7, 11) is 0. The largest absolute Gasteiger partial charge is 0.396 e. The highest BCUT2D eigenvalue weighted by molar-refractivity contribution is 4.84. The minimum atomic E-state index is 0.257. The van der Waals surface area contributed by atoms with Crippen molar-refractivity contribution in [2.75, 3.05) is 19.7 Å². The number of hydrogen-bond acceptors (Lipinski definition) is 2. The molecule has 1 aliphatic heterocycles. The predicted molar refractivity (Wildman–Crippen MR) is 71.6 cm³/mol. The number of aliphatic hydroxyl groups excluding tert-OH is 1. The number of piperidine rings is 1. The average Bonchev–Trinajstić information content (AvgIpc) is 2.18. The van der Waals surface area contributed by atoms with E-state index in [2.05, 4.69) is 46.4 Å². The van der Waals surface area contributed by atoms with Crippen LogP contribution in [0.1, 0.15) is 54.4 Å². The molecule has 1 aliphatic rings. The first kappa shape index (κ1) is 15.9. The van der Waals surface area contributed by atoms with E-state index in [1.807, 2.05) is 0 Å². The zero-order valence-electron chi connectivity index (χ0n) is 12.1. The molecule has 98 valence electrons. The SMILES string of the molecule is CCC.C[C@@H]1CCN(C(C)(C)C)C[C@@H]1CO. The maximum absolute atomic E-state index is 9.22. The second-order valence-electron chi connectivity index (χ2n) is 6.03. The van der Waals surface area contributed by atoms with Gasteiger partial charge in [0.05, 0.1) is 0 Å². The van der Waals surface area contributed by atoms with Crippen molar-refractivity contribution < 1.29 is 5.11 Å². The lowest BCUT2D eigenvalue weighted by Gasteiger charge is -2.43. The highest BCUT2D eigenvalue weighted by atomic mass is 16.3. The van der Waals surface area contributed by atoms with Crippen molar-refractivity contribution >= 4 is 0 Å². The minimum Gasteiger partial charge on any atom is -0.396 e. The molecule has 1 fully saturated rings. The van der Waals surface area contributed by atoms with Crippen molar-refractivity contribution in [3.05, 3.63) is 0 Å². The van der Waals surface area contributed by atoms with Crippen LogP contribution in [0.15, 0.2) is 0 Å². The zero-order chi connectivity index (χ0) is 12.8. The number of likely N-dealkylation sites (tertiary alicyclic amines) is 1. The summed E-state index contributed by atoms with van der Waals surface area (Å²) >= 11 is 0. The molecule has 0 radical (unpaired) electrons. The molecular formula is C14H31NO. The topological polar surface area (TPSA) is 23.5 Å². The number of nitrogens with zero attached hydrogens (tertiary/aromatic N) is 1. The van der Waals surface area contributed by atoms with Crippen LogP contribution in [-0.2, 0) is 0 Å². The Bertz CT molecular complexity index is 174. The van der Waals surface area contributed by atoms with Gasteiger partial charge in [-0.25, -0.2) is 0 Å². The van der Waals surface area contributed by atoms with E-state index in [0.29, 0.717) is 18.4 Å². The van der Waals surface area contributed by atoms with Crippen LogP contribution >= 0.6 is 0 Å². The van der Waals surface area contributed by atoms with Crippen molar-refractivity contribution in [3.63, 3.8) is 0 Å². The van der Waals surface area contributed by atoms with Gasteiger partial charge in [0.15, 0.2) is 0 Å². The quantitative estimate of drug-likeness (QED) is 0.746. The van der Waals surface area contributed by atoms with E-state index in [9.17, 15) is 5.11 Å².